The normalized spacial score (nSPS) is 11.5. The van der Waals surface area contributed by atoms with E-state index in [9.17, 15) is 8.42 Å². The van der Waals surface area contributed by atoms with E-state index < -0.39 is 10.0 Å². The van der Waals surface area contributed by atoms with Gasteiger partial charge in [0.2, 0.25) is 10.0 Å². The lowest BCUT2D eigenvalue weighted by Crippen LogP contribution is -2.24. The number of sulfonamides is 1. The summed E-state index contributed by atoms with van der Waals surface area (Å²) in [7, 11) is -3.67. The number of anilines is 1. The van der Waals surface area contributed by atoms with Crippen LogP contribution in [0.4, 0.5) is 5.69 Å². The van der Waals surface area contributed by atoms with Crippen LogP contribution in [0, 0.1) is 0 Å². The van der Waals surface area contributed by atoms with Crippen molar-refractivity contribution >= 4 is 31.6 Å². The third-order valence-corrected chi connectivity index (χ3v) is 4.90. The molecule has 21 heavy (non-hydrogen) atoms. The van der Waals surface area contributed by atoms with Crippen LogP contribution in [0.5, 0.6) is 0 Å². The monoisotopic (exact) mass is 370 g/mol. The van der Waals surface area contributed by atoms with Crippen molar-refractivity contribution in [2.75, 3.05) is 5.73 Å². The van der Waals surface area contributed by atoms with Gasteiger partial charge in [0.1, 0.15) is 4.90 Å². The third-order valence-electron chi connectivity index (χ3n) is 2.93. The summed E-state index contributed by atoms with van der Waals surface area (Å²) in [5, 5.41) is 8.96. The lowest BCUT2D eigenvalue weighted by Gasteiger charge is -2.09. The molecular formula is C14H15BrN2O3S. The predicted molar refractivity (Wildman–Crippen MR) is 84.9 cm³/mol. The van der Waals surface area contributed by atoms with Crippen LogP contribution in [0.3, 0.4) is 0 Å². The number of hydrogen-bond donors (Lipinski definition) is 3. The molecule has 0 aromatic heterocycles. The van der Waals surface area contributed by atoms with Gasteiger partial charge in [-0.15, -0.1) is 0 Å². The predicted octanol–water partition coefficient (Wildman–Crippen LogP) is 2.00. The van der Waals surface area contributed by atoms with E-state index in [4.69, 9.17) is 10.8 Å². The van der Waals surface area contributed by atoms with Crippen LogP contribution in [0.25, 0.3) is 0 Å². The van der Waals surface area contributed by atoms with E-state index in [2.05, 4.69) is 20.7 Å². The summed E-state index contributed by atoms with van der Waals surface area (Å²) in [6.45, 7) is 0.116. The molecule has 0 saturated carbocycles. The van der Waals surface area contributed by atoms with Gasteiger partial charge >= 0.3 is 0 Å². The Morgan fingerprint density at radius 1 is 1.10 bits per heavy atom. The van der Waals surface area contributed by atoms with Gasteiger partial charge in [-0.3, -0.25) is 0 Å². The summed E-state index contributed by atoms with van der Waals surface area (Å²) in [6.07, 6.45) is 0. The van der Waals surface area contributed by atoms with Crippen molar-refractivity contribution in [3.05, 3.63) is 58.1 Å². The highest BCUT2D eigenvalue weighted by molar-refractivity contribution is 9.10. The zero-order valence-electron chi connectivity index (χ0n) is 11.1. The summed E-state index contributed by atoms with van der Waals surface area (Å²) in [6, 6.07) is 11.6. The molecule has 0 aliphatic rings. The minimum atomic E-state index is -3.67. The van der Waals surface area contributed by atoms with Crippen LogP contribution in [-0.2, 0) is 23.2 Å². The second-order valence-electron chi connectivity index (χ2n) is 4.48. The molecule has 0 fully saturated rings. The van der Waals surface area contributed by atoms with E-state index in [1.807, 2.05) is 0 Å². The van der Waals surface area contributed by atoms with E-state index in [1.54, 1.807) is 36.4 Å². The first kappa shape index (κ1) is 16.0. The number of nitrogens with one attached hydrogen (secondary N) is 1. The second-order valence-corrected chi connectivity index (χ2v) is 7.13. The van der Waals surface area contributed by atoms with E-state index >= 15 is 0 Å². The van der Waals surface area contributed by atoms with Gasteiger partial charge in [-0.1, -0.05) is 40.2 Å². The molecule has 0 aliphatic heterocycles. The molecule has 0 bridgehead atoms. The molecule has 0 saturated heterocycles. The standard InChI is InChI=1S/C14H15BrN2O3S/c15-12-5-6-14(13(16)7-12)21(19,20)17-8-10-1-3-11(9-18)4-2-10/h1-7,17-18H,8-9,16H2. The molecule has 0 aliphatic carbocycles. The first-order chi connectivity index (χ1) is 9.92. The fourth-order valence-corrected chi connectivity index (χ4v) is 3.29. The molecule has 2 aromatic rings. The van der Waals surface area contributed by atoms with Crippen molar-refractivity contribution in [2.45, 2.75) is 18.0 Å². The summed E-state index contributed by atoms with van der Waals surface area (Å²) in [5.74, 6) is 0. The van der Waals surface area contributed by atoms with Crippen LogP contribution in [0.15, 0.2) is 51.8 Å². The minimum absolute atomic E-state index is 0.0402. The molecule has 0 spiro atoms. The van der Waals surface area contributed by atoms with Gasteiger partial charge in [-0.25, -0.2) is 13.1 Å². The third kappa shape index (κ3) is 4.04. The highest BCUT2D eigenvalue weighted by Gasteiger charge is 2.17. The molecule has 2 rings (SSSR count). The average Bonchev–Trinajstić information content (AvgIpc) is 2.45. The summed E-state index contributed by atoms with van der Waals surface area (Å²) >= 11 is 3.24. The number of nitrogen functional groups attached to an aromatic ring is 1. The van der Waals surface area contributed by atoms with Crippen LogP contribution in [-0.4, -0.2) is 13.5 Å². The maximum Gasteiger partial charge on any atom is 0.242 e. The zero-order valence-corrected chi connectivity index (χ0v) is 13.5. The number of benzene rings is 2. The highest BCUT2D eigenvalue weighted by atomic mass is 79.9. The SMILES string of the molecule is Nc1cc(Br)ccc1S(=O)(=O)NCc1ccc(CO)cc1. The average molecular weight is 371 g/mol. The first-order valence-corrected chi connectivity index (χ1v) is 8.43. The number of rotatable bonds is 5. The van der Waals surface area contributed by atoms with Crippen molar-refractivity contribution in [3.8, 4) is 0 Å². The Kier molecular flexibility index (Phi) is 5.00. The topological polar surface area (TPSA) is 92.4 Å². The Hall–Kier alpha value is -1.41. The van der Waals surface area contributed by atoms with Gasteiger partial charge in [-0.2, -0.15) is 0 Å². The Morgan fingerprint density at radius 2 is 1.71 bits per heavy atom. The molecule has 0 atom stereocenters. The summed E-state index contributed by atoms with van der Waals surface area (Å²) in [5.41, 5.74) is 7.50. The van der Waals surface area contributed by atoms with Gasteiger partial charge < -0.3 is 10.8 Å². The van der Waals surface area contributed by atoms with Crippen molar-refractivity contribution in [2.24, 2.45) is 0 Å². The van der Waals surface area contributed by atoms with E-state index in [0.717, 1.165) is 15.6 Å². The zero-order chi connectivity index (χ0) is 15.5. The number of aliphatic hydroxyl groups is 1. The van der Waals surface area contributed by atoms with Gasteiger partial charge in [0, 0.05) is 11.0 Å². The van der Waals surface area contributed by atoms with Crippen LogP contribution >= 0.6 is 15.9 Å². The van der Waals surface area contributed by atoms with Crippen LogP contribution in [0.1, 0.15) is 11.1 Å². The maximum absolute atomic E-state index is 12.2. The molecule has 0 unspecified atom stereocenters. The molecule has 0 heterocycles. The summed E-state index contributed by atoms with van der Waals surface area (Å²) in [4.78, 5) is 0.0534. The fraction of sp³-hybridized carbons (Fsp3) is 0.143. The van der Waals surface area contributed by atoms with Crippen LogP contribution in [0.2, 0.25) is 0 Å². The number of nitrogens with two attached hydrogens (primary N) is 1. The molecule has 7 heteroatoms. The number of hydrogen-bond acceptors (Lipinski definition) is 4. The van der Waals surface area contributed by atoms with Crippen LogP contribution < -0.4 is 10.5 Å². The van der Waals surface area contributed by atoms with Crippen molar-refractivity contribution < 1.29 is 13.5 Å². The van der Waals surface area contributed by atoms with Gasteiger partial charge in [0.15, 0.2) is 0 Å². The molecule has 0 radical (unpaired) electrons. The van der Waals surface area contributed by atoms with Gasteiger partial charge in [-0.05, 0) is 29.3 Å². The Bertz CT molecular complexity index is 730. The Morgan fingerprint density at radius 3 is 2.29 bits per heavy atom. The molecule has 4 N–H and O–H groups in total. The molecule has 0 amide bonds. The minimum Gasteiger partial charge on any atom is -0.398 e. The lowest BCUT2D eigenvalue weighted by molar-refractivity contribution is 0.282. The fourth-order valence-electron chi connectivity index (χ4n) is 1.78. The smallest absolute Gasteiger partial charge is 0.242 e. The number of halogens is 1. The summed E-state index contributed by atoms with van der Waals surface area (Å²) < 4.78 is 27.7. The molecule has 2 aromatic carbocycles. The second kappa shape index (κ2) is 6.57. The first-order valence-electron chi connectivity index (χ1n) is 6.16. The molecule has 5 nitrogen and oxygen atoms in total. The number of aliphatic hydroxyl groups excluding tert-OH is 1. The van der Waals surface area contributed by atoms with Gasteiger partial charge in [0.25, 0.3) is 0 Å². The molecular weight excluding hydrogens is 356 g/mol. The van der Waals surface area contributed by atoms with Crippen molar-refractivity contribution in [1.82, 2.24) is 4.72 Å². The maximum atomic E-state index is 12.2. The van der Waals surface area contributed by atoms with E-state index in [1.165, 1.54) is 6.07 Å². The largest absolute Gasteiger partial charge is 0.398 e. The van der Waals surface area contributed by atoms with E-state index in [0.29, 0.717) is 0 Å². The van der Waals surface area contributed by atoms with Gasteiger partial charge in [0.05, 0.1) is 12.3 Å². The highest BCUT2D eigenvalue weighted by Crippen LogP contribution is 2.22. The Balaban J connectivity index is 2.13. The Labute approximate surface area is 132 Å². The molecule has 112 valence electrons. The van der Waals surface area contributed by atoms with Crippen molar-refractivity contribution in [1.29, 1.82) is 0 Å². The lowest BCUT2D eigenvalue weighted by atomic mass is 10.1. The van der Waals surface area contributed by atoms with E-state index in [-0.39, 0.29) is 23.7 Å². The quantitative estimate of drug-likeness (QED) is 0.701. The van der Waals surface area contributed by atoms with Crippen molar-refractivity contribution in [3.63, 3.8) is 0 Å².